The first-order valence-corrected chi connectivity index (χ1v) is 12.7. The lowest BCUT2D eigenvalue weighted by Gasteiger charge is -2.59. The molecule has 4 rings (SSSR count). The van der Waals surface area contributed by atoms with Crippen LogP contribution < -0.4 is 0 Å². The summed E-state index contributed by atoms with van der Waals surface area (Å²) in [5.74, 6) is 4.18. The van der Waals surface area contributed by atoms with Gasteiger partial charge in [0.15, 0.2) is 0 Å². The average Bonchev–Trinajstić information content (AvgIpc) is 3.00. The van der Waals surface area contributed by atoms with Crippen LogP contribution in [0.4, 0.5) is 0 Å². The van der Waals surface area contributed by atoms with Crippen LogP contribution in [0.15, 0.2) is 11.6 Å². The highest BCUT2D eigenvalue weighted by Crippen LogP contribution is 2.67. The molecule has 0 aromatic carbocycles. The summed E-state index contributed by atoms with van der Waals surface area (Å²) in [6, 6.07) is 0. The second kappa shape index (κ2) is 7.97. The average molecular weight is 403 g/mol. The highest BCUT2D eigenvalue weighted by molar-refractivity contribution is 5.27. The molecule has 0 saturated heterocycles. The van der Waals surface area contributed by atoms with Gasteiger partial charge in [-0.25, -0.2) is 0 Å². The van der Waals surface area contributed by atoms with Crippen molar-refractivity contribution in [2.24, 2.45) is 46.3 Å². The number of fused-ring (bicyclic) bond motifs is 5. The summed E-state index contributed by atoms with van der Waals surface area (Å²) in [7, 11) is 0. The lowest BCUT2D eigenvalue weighted by molar-refractivity contribution is -0.0970. The molecule has 0 unspecified atom stereocenters. The fraction of sp³-hybridized carbons (Fsp3) is 0.926. The molecule has 0 spiro atoms. The SMILES string of the molecule is CC(C)CCC[C@@H](C)[C@@H]1CC[C@H]2[C@@H]3[C@@H](O)C=C4C[C@H](O)CC[C@]4(C)[C@H]3CC[C@@]21C. The normalized spacial score (nSPS) is 47.9. The molecule has 0 bridgehead atoms. The van der Waals surface area contributed by atoms with Crippen LogP contribution in [-0.2, 0) is 0 Å². The molecule has 9 atom stereocenters. The van der Waals surface area contributed by atoms with Crippen LogP contribution >= 0.6 is 0 Å². The molecule has 4 aliphatic carbocycles. The van der Waals surface area contributed by atoms with Gasteiger partial charge in [0, 0.05) is 0 Å². The maximum atomic E-state index is 11.3. The Labute approximate surface area is 179 Å². The predicted octanol–water partition coefficient (Wildman–Crippen LogP) is 6.36. The van der Waals surface area contributed by atoms with Crippen molar-refractivity contribution in [3.05, 3.63) is 11.6 Å². The van der Waals surface area contributed by atoms with Crippen molar-refractivity contribution in [2.45, 2.75) is 111 Å². The first kappa shape index (κ1) is 21.9. The molecule has 0 heterocycles. The first-order valence-electron chi connectivity index (χ1n) is 12.7. The van der Waals surface area contributed by atoms with Crippen LogP contribution in [-0.4, -0.2) is 22.4 Å². The summed E-state index contributed by atoms with van der Waals surface area (Å²) >= 11 is 0. The van der Waals surface area contributed by atoms with Crippen molar-refractivity contribution in [1.29, 1.82) is 0 Å². The van der Waals surface area contributed by atoms with Crippen LogP contribution in [0.25, 0.3) is 0 Å². The molecule has 29 heavy (non-hydrogen) atoms. The molecular formula is C27H46O2. The minimum atomic E-state index is -0.298. The van der Waals surface area contributed by atoms with Gasteiger partial charge in [-0.3, -0.25) is 0 Å². The van der Waals surface area contributed by atoms with Gasteiger partial charge >= 0.3 is 0 Å². The zero-order valence-corrected chi connectivity index (χ0v) is 19.7. The standard InChI is InChI=1S/C27H46O2/c1-17(2)7-6-8-18(3)21-9-10-22-25-23(12-14-27(21,22)5)26(4)13-11-20(28)15-19(26)16-24(25)29/h16-18,20-25,28-29H,6-15H2,1-5H3/t18-,20-,21+,22+,23+,24+,25+,26+,27-/m1/s1. The van der Waals surface area contributed by atoms with Crippen LogP contribution in [0.2, 0.25) is 0 Å². The van der Waals surface area contributed by atoms with E-state index in [1.807, 2.05) is 0 Å². The summed E-state index contributed by atoms with van der Waals surface area (Å²) in [6.45, 7) is 12.2. The monoisotopic (exact) mass is 402 g/mol. The first-order chi connectivity index (χ1) is 13.7. The topological polar surface area (TPSA) is 40.5 Å². The highest BCUT2D eigenvalue weighted by atomic mass is 16.3. The lowest BCUT2D eigenvalue weighted by Crippen LogP contribution is -2.54. The van der Waals surface area contributed by atoms with Gasteiger partial charge in [-0.05, 0) is 91.3 Å². The second-order valence-electron chi connectivity index (χ2n) is 12.3. The van der Waals surface area contributed by atoms with Gasteiger partial charge in [0.1, 0.15) is 0 Å². The van der Waals surface area contributed by atoms with Crippen molar-refractivity contribution in [3.63, 3.8) is 0 Å². The molecule has 3 fully saturated rings. The third-order valence-electron chi connectivity index (χ3n) is 10.3. The Balaban J connectivity index is 1.54. The van der Waals surface area contributed by atoms with Crippen molar-refractivity contribution in [1.82, 2.24) is 0 Å². The Morgan fingerprint density at radius 1 is 0.966 bits per heavy atom. The molecule has 0 radical (unpaired) electrons. The smallest absolute Gasteiger partial charge is 0.0757 e. The van der Waals surface area contributed by atoms with Crippen molar-refractivity contribution in [2.75, 3.05) is 0 Å². The predicted molar refractivity (Wildman–Crippen MR) is 120 cm³/mol. The Hall–Kier alpha value is -0.340. The van der Waals surface area contributed by atoms with E-state index in [1.165, 1.54) is 50.5 Å². The maximum absolute atomic E-state index is 11.3. The van der Waals surface area contributed by atoms with E-state index in [2.05, 4.69) is 40.7 Å². The Morgan fingerprint density at radius 2 is 1.72 bits per heavy atom. The number of rotatable bonds is 5. The van der Waals surface area contributed by atoms with Gasteiger partial charge in [-0.15, -0.1) is 0 Å². The van der Waals surface area contributed by atoms with E-state index in [-0.39, 0.29) is 17.6 Å². The van der Waals surface area contributed by atoms with Crippen LogP contribution in [0, 0.1) is 46.3 Å². The number of aliphatic hydroxyl groups is 2. The van der Waals surface area contributed by atoms with Gasteiger partial charge in [0.25, 0.3) is 0 Å². The maximum Gasteiger partial charge on any atom is 0.0757 e. The number of hydrogen-bond acceptors (Lipinski definition) is 2. The van der Waals surface area contributed by atoms with Crippen molar-refractivity contribution < 1.29 is 10.2 Å². The zero-order chi connectivity index (χ0) is 21.0. The third kappa shape index (κ3) is 3.65. The van der Waals surface area contributed by atoms with E-state index in [0.717, 1.165) is 37.0 Å². The van der Waals surface area contributed by atoms with Gasteiger partial charge in [-0.2, -0.15) is 0 Å². The van der Waals surface area contributed by atoms with Crippen LogP contribution in [0.3, 0.4) is 0 Å². The second-order valence-corrected chi connectivity index (χ2v) is 12.3. The Morgan fingerprint density at radius 3 is 2.45 bits per heavy atom. The molecule has 0 amide bonds. The summed E-state index contributed by atoms with van der Waals surface area (Å²) < 4.78 is 0. The van der Waals surface area contributed by atoms with Gasteiger partial charge in [-0.1, -0.05) is 65.5 Å². The number of aliphatic hydroxyl groups excluding tert-OH is 2. The van der Waals surface area contributed by atoms with Crippen LogP contribution in [0.5, 0.6) is 0 Å². The Bertz CT molecular complexity index is 624. The van der Waals surface area contributed by atoms with E-state index >= 15 is 0 Å². The quantitative estimate of drug-likeness (QED) is 0.525. The minimum absolute atomic E-state index is 0.200. The van der Waals surface area contributed by atoms with Gasteiger partial charge in [0.05, 0.1) is 12.2 Å². The molecule has 0 aromatic rings. The third-order valence-corrected chi connectivity index (χ3v) is 10.3. The largest absolute Gasteiger partial charge is 0.393 e. The van der Waals surface area contributed by atoms with Gasteiger partial charge in [0.2, 0.25) is 0 Å². The van der Waals surface area contributed by atoms with E-state index in [9.17, 15) is 10.2 Å². The molecule has 0 aliphatic heterocycles. The fourth-order valence-electron chi connectivity index (χ4n) is 8.65. The minimum Gasteiger partial charge on any atom is -0.393 e. The van der Waals surface area contributed by atoms with E-state index < -0.39 is 0 Å². The molecule has 2 nitrogen and oxygen atoms in total. The lowest BCUT2D eigenvalue weighted by atomic mass is 9.46. The summed E-state index contributed by atoms with van der Waals surface area (Å²) in [5.41, 5.74) is 1.99. The fourth-order valence-corrected chi connectivity index (χ4v) is 8.65. The molecule has 0 aromatic heterocycles. The van der Waals surface area contributed by atoms with Crippen molar-refractivity contribution in [3.8, 4) is 0 Å². The summed E-state index contributed by atoms with van der Waals surface area (Å²) in [6.07, 6.45) is 13.9. The summed E-state index contributed by atoms with van der Waals surface area (Å²) in [4.78, 5) is 0. The number of hydrogen-bond donors (Lipinski definition) is 2. The van der Waals surface area contributed by atoms with Gasteiger partial charge < -0.3 is 10.2 Å². The molecule has 3 saturated carbocycles. The van der Waals surface area contributed by atoms with Crippen LogP contribution in [0.1, 0.15) is 98.8 Å². The van der Waals surface area contributed by atoms with E-state index in [0.29, 0.717) is 23.2 Å². The molecule has 2 N–H and O–H groups in total. The highest BCUT2D eigenvalue weighted by Gasteiger charge is 2.61. The van der Waals surface area contributed by atoms with E-state index in [1.54, 1.807) is 0 Å². The molecule has 2 heteroatoms. The molecular weight excluding hydrogens is 356 g/mol. The molecule has 166 valence electrons. The Kier molecular flexibility index (Phi) is 6.01. The summed E-state index contributed by atoms with van der Waals surface area (Å²) in [5, 5.41) is 21.5. The van der Waals surface area contributed by atoms with E-state index in [4.69, 9.17) is 0 Å². The zero-order valence-electron chi connectivity index (χ0n) is 19.7. The molecule has 4 aliphatic rings. The van der Waals surface area contributed by atoms with Crippen molar-refractivity contribution >= 4 is 0 Å².